The molecule has 1 aliphatic rings. The van der Waals surface area contributed by atoms with Crippen LogP contribution in [0.4, 0.5) is 5.69 Å². The van der Waals surface area contributed by atoms with E-state index in [0.717, 1.165) is 32.1 Å². The lowest BCUT2D eigenvalue weighted by atomic mass is 10.1. The fraction of sp³-hybridized carbons (Fsp3) is 0.636. The number of amides is 1. The van der Waals surface area contributed by atoms with Gasteiger partial charge in [-0.15, -0.1) is 0 Å². The summed E-state index contributed by atoms with van der Waals surface area (Å²) in [4.78, 5) is 21.5. The average molecular weight is 267 g/mol. The first-order valence-corrected chi connectivity index (χ1v) is 6.29. The number of nitrogens with zero attached hydrogens (tertiary/aromatic N) is 3. The summed E-state index contributed by atoms with van der Waals surface area (Å²) in [7, 11) is 0. The van der Waals surface area contributed by atoms with Gasteiger partial charge in [0.1, 0.15) is 18.9 Å². The molecule has 0 radical (unpaired) electrons. The van der Waals surface area contributed by atoms with Crippen LogP contribution in [0.15, 0.2) is 12.4 Å². The molecule has 0 aromatic carbocycles. The molecule has 1 unspecified atom stereocenters. The third-order valence-electron chi connectivity index (χ3n) is 3.17. The van der Waals surface area contributed by atoms with E-state index in [4.69, 9.17) is 0 Å². The quantitative estimate of drug-likeness (QED) is 0.554. The minimum atomic E-state index is -0.533. The molecule has 1 fully saturated rings. The largest absolute Gasteiger partial charge is 0.354 e. The van der Waals surface area contributed by atoms with Crippen LogP contribution < -0.4 is 10.6 Å². The highest BCUT2D eigenvalue weighted by Crippen LogP contribution is 2.10. The molecule has 104 valence electrons. The van der Waals surface area contributed by atoms with E-state index in [2.05, 4.69) is 15.7 Å². The van der Waals surface area contributed by atoms with Crippen LogP contribution in [-0.2, 0) is 11.3 Å². The Morgan fingerprint density at radius 3 is 3.16 bits per heavy atom. The van der Waals surface area contributed by atoms with E-state index in [1.165, 1.54) is 10.9 Å². The topological polar surface area (TPSA) is 102 Å². The van der Waals surface area contributed by atoms with Gasteiger partial charge >= 0.3 is 5.69 Å². The van der Waals surface area contributed by atoms with Gasteiger partial charge in [0, 0.05) is 6.54 Å². The van der Waals surface area contributed by atoms with E-state index in [-0.39, 0.29) is 18.1 Å². The Bertz CT molecular complexity index is 453. The molecule has 2 N–H and O–H groups in total. The number of hydrogen-bond donors (Lipinski definition) is 2. The van der Waals surface area contributed by atoms with Gasteiger partial charge in [-0.1, -0.05) is 0 Å². The normalized spacial score (nSPS) is 18.4. The van der Waals surface area contributed by atoms with Crippen molar-refractivity contribution in [2.24, 2.45) is 5.92 Å². The fourth-order valence-electron chi connectivity index (χ4n) is 2.11. The molecule has 1 aromatic rings. The monoisotopic (exact) mass is 267 g/mol. The maximum absolute atomic E-state index is 11.6. The third kappa shape index (κ3) is 4.02. The second-order valence-electron chi connectivity index (χ2n) is 4.65. The zero-order chi connectivity index (χ0) is 13.7. The van der Waals surface area contributed by atoms with Gasteiger partial charge in [-0.2, -0.15) is 5.10 Å². The number of carbonyl (C=O) groups excluding carboxylic acids is 1. The van der Waals surface area contributed by atoms with Crippen molar-refractivity contribution in [1.29, 1.82) is 0 Å². The number of carbonyl (C=O) groups is 1. The summed E-state index contributed by atoms with van der Waals surface area (Å²) in [6.45, 7) is 2.71. The molecule has 0 spiro atoms. The van der Waals surface area contributed by atoms with Crippen LogP contribution in [0.2, 0.25) is 0 Å². The van der Waals surface area contributed by atoms with Crippen LogP contribution >= 0.6 is 0 Å². The van der Waals surface area contributed by atoms with Gasteiger partial charge in [-0.3, -0.25) is 19.6 Å². The Balaban J connectivity index is 1.69. The molecule has 0 aliphatic carbocycles. The minimum absolute atomic E-state index is 0.0107. The average Bonchev–Trinajstić information content (AvgIpc) is 3.00. The van der Waals surface area contributed by atoms with E-state index in [9.17, 15) is 14.9 Å². The summed E-state index contributed by atoms with van der Waals surface area (Å²) in [5.74, 6) is 0.454. The highest BCUT2D eigenvalue weighted by atomic mass is 16.6. The molecule has 8 nitrogen and oxygen atoms in total. The van der Waals surface area contributed by atoms with Crippen LogP contribution in [0.25, 0.3) is 0 Å². The molecule has 0 bridgehead atoms. The van der Waals surface area contributed by atoms with Crippen molar-refractivity contribution >= 4 is 11.6 Å². The first-order chi connectivity index (χ1) is 9.15. The molecule has 2 rings (SSSR count). The van der Waals surface area contributed by atoms with Gasteiger partial charge < -0.3 is 10.6 Å². The molecule has 1 aromatic heterocycles. The second-order valence-corrected chi connectivity index (χ2v) is 4.65. The minimum Gasteiger partial charge on any atom is -0.354 e. The van der Waals surface area contributed by atoms with Gasteiger partial charge in [0.2, 0.25) is 5.91 Å². The SMILES string of the molecule is O=C(Cn1cc([N+](=O)[O-])cn1)NCCC1CCNC1. The summed E-state index contributed by atoms with van der Waals surface area (Å²) in [5, 5.41) is 20.3. The lowest BCUT2D eigenvalue weighted by Gasteiger charge is -2.09. The maximum atomic E-state index is 11.6. The molecule has 0 saturated carbocycles. The Hall–Kier alpha value is -1.96. The lowest BCUT2D eigenvalue weighted by Crippen LogP contribution is -2.29. The van der Waals surface area contributed by atoms with Gasteiger partial charge in [-0.05, 0) is 31.8 Å². The Morgan fingerprint density at radius 1 is 1.68 bits per heavy atom. The van der Waals surface area contributed by atoms with Crippen molar-refractivity contribution in [2.45, 2.75) is 19.4 Å². The number of aromatic nitrogens is 2. The molecule has 1 amide bonds. The van der Waals surface area contributed by atoms with Gasteiger partial charge in [0.25, 0.3) is 0 Å². The van der Waals surface area contributed by atoms with Crippen molar-refractivity contribution in [3.63, 3.8) is 0 Å². The molecule has 2 heterocycles. The highest BCUT2D eigenvalue weighted by Gasteiger charge is 2.15. The van der Waals surface area contributed by atoms with Gasteiger partial charge in [-0.25, -0.2) is 0 Å². The maximum Gasteiger partial charge on any atom is 0.307 e. The molecule has 8 heteroatoms. The summed E-state index contributed by atoms with van der Waals surface area (Å²) in [6, 6.07) is 0. The lowest BCUT2D eigenvalue weighted by molar-refractivity contribution is -0.385. The predicted molar refractivity (Wildman–Crippen MR) is 67.5 cm³/mol. The smallest absolute Gasteiger partial charge is 0.307 e. The van der Waals surface area contributed by atoms with Crippen LogP contribution in [0, 0.1) is 16.0 Å². The van der Waals surface area contributed by atoms with Crippen molar-refractivity contribution in [1.82, 2.24) is 20.4 Å². The first-order valence-electron chi connectivity index (χ1n) is 6.29. The van der Waals surface area contributed by atoms with Crippen LogP contribution in [0.1, 0.15) is 12.8 Å². The van der Waals surface area contributed by atoms with Crippen molar-refractivity contribution in [3.05, 3.63) is 22.5 Å². The first kappa shape index (κ1) is 13.5. The number of hydrogen-bond acceptors (Lipinski definition) is 5. The summed E-state index contributed by atoms with van der Waals surface area (Å²) >= 11 is 0. The third-order valence-corrected chi connectivity index (χ3v) is 3.17. The Kier molecular flexibility index (Phi) is 4.45. The zero-order valence-corrected chi connectivity index (χ0v) is 10.5. The Morgan fingerprint density at radius 2 is 2.53 bits per heavy atom. The summed E-state index contributed by atoms with van der Waals surface area (Å²) in [5.41, 5.74) is -0.107. The standard InChI is InChI=1S/C11H17N5O3/c17-11(13-4-2-9-1-3-12-5-9)8-15-7-10(6-14-15)16(18)19/h6-7,9,12H,1-5,8H2,(H,13,17). The molecular formula is C11H17N5O3. The fourth-order valence-corrected chi connectivity index (χ4v) is 2.11. The molecule has 1 atom stereocenters. The van der Waals surface area contributed by atoms with Gasteiger partial charge in [0.15, 0.2) is 0 Å². The number of rotatable bonds is 6. The highest BCUT2D eigenvalue weighted by molar-refractivity contribution is 5.75. The molecule has 19 heavy (non-hydrogen) atoms. The van der Waals surface area contributed by atoms with Gasteiger partial charge in [0.05, 0.1) is 4.92 Å². The van der Waals surface area contributed by atoms with E-state index >= 15 is 0 Å². The zero-order valence-electron chi connectivity index (χ0n) is 10.5. The summed E-state index contributed by atoms with van der Waals surface area (Å²) < 4.78 is 1.27. The van der Waals surface area contributed by atoms with Crippen LogP contribution in [0.5, 0.6) is 0 Å². The van der Waals surface area contributed by atoms with Crippen LogP contribution in [0.3, 0.4) is 0 Å². The Labute approximate surface area is 110 Å². The molecular weight excluding hydrogens is 250 g/mol. The van der Waals surface area contributed by atoms with Crippen molar-refractivity contribution in [3.8, 4) is 0 Å². The second kappa shape index (κ2) is 6.28. The van der Waals surface area contributed by atoms with Crippen molar-refractivity contribution in [2.75, 3.05) is 19.6 Å². The van der Waals surface area contributed by atoms with E-state index in [0.29, 0.717) is 12.5 Å². The van der Waals surface area contributed by atoms with E-state index < -0.39 is 4.92 Å². The van der Waals surface area contributed by atoms with E-state index in [1.807, 2.05) is 0 Å². The predicted octanol–water partition coefficient (Wildman–Crippen LogP) is -0.0929. The van der Waals surface area contributed by atoms with E-state index in [1.54, 1.807) is 0 Å². The molecule has 1 saturated heterocycles. The van der Waals surface area contributed by atoms with Crippen LogP contribution in [-0.4, -0.2) is 40.2 Å². The van der Waals surface area contributed by atoms with Crippen molar-refractivity contribution < 1.29 is 9.72 Å². The number of nitrogens with one attached hydrogen (secondary N) is 2. The number of nitro groups is 1. The summed E-state index contributed by atoms with van der Waals surface area (Å²) in [6.07, 6.45) is 4.50. The molecule has 1 aliphatic heterocycles.